The summed E-state index contributed by atoms with van der Waals surface area (Å²) >= 11 is 0. The maximum Gasteiger partial charge on any atom is 0.0959 e. The van der Waals surface area contributed by atoms with Gasteiger partial charge < -0.3 is 5.21 Å². The summed E-state index contributed by atoms with van der Waals surface area (Å²) in [4.78, 5) is 0.856. The molecule has 13 heavy (non-hydrogen) atoms. The van der Waals surface area contributed by atoms with Crippen LogP contribution in [0.5, 0.6) is 0 Å². The Bertz CT molecular complexity index is 431. The highest BCUT2D eigenvalue weighted by molar-refractivity contribution is 5.78. The summed E-state index contributed by atoms with van der Waals surface area (Å²) in [6, 6.07) is 6.02. The van der Waals surface area contributed by atoms with Gasteiger partial charge in [-0.05, 0) is 23.6 Å². The first-order valence-electron chi connectivity index (χ1n) is 4.35. The predicted octanol–water partition coefficient (Wildman–Crippen LogP) is 2.40. The van der Waals surface area contributed by atoms with E-state index < -0.39 is 0 Å². The Hall–Kier alpha value is -1.51. The van der Waals surface area contributed by atoms with Gasteiger partial charge in [0.25, 0.3) is 0 Å². The van der Waals surface area contributed by atoms with Crippen LogP contribution in [-0.2, 0) is 0 Å². The fourth-order valence-electron chi connectivity index (χ4n) is 1.39. The van der Waals surface area contributed by atoms with Gasteiger partial charge in [-0.3, -0.25) is 0 Å². The topological polar surface area (TPSA) is 38.0 Å². The number of fused-ring (bicyclic) bond motifs is 1. The highest BCUT2D eigenvalue weighted by atomic mass is 16.5. The van der Waals surface area contributed by atoms with Gasteiger partial charge in [0, 0.05) is 5.39 Å². The van der Waals surface area contributed by atoms with Crippen molar-refractivity contribution in [3.63, 3.8) is 0 Å². The second-order valence-electron chi connectivity index (χ2n) is 3.52. The summed E-state index contributed by atoms with van der Waals surface area (Å²) in [5.41, 5.74) is 2.09. The van der Waals surface area contributed by atoms with Crippen molar-refractivity contribution in [2.24, 2.45) is 0 Å². The van der Waals surface area contributed by atoms with E-state index in [1.54, 1.807) is 6.20 Å². The molecule has 0 amide bonds. The molecule has 3 heteroatoms. The molecule has 2 rings (SSSR count). The van der Waals surface area contributed by atoms with Gasteiger partial charge in [0.1, 0.15) is 0 Å². The van der Waals surface area contributed by atoms with E-state index in [1.165, 1.54) is 5.56 Å². The molecule has 3 nitrogen and oxygen atoms in total. The van der Waals surface area contributed by atoms with Crippen LogP contribution in [-0.4, -0.2) is 15.2 Å². The van der Waals surface area contributed by atoms with Crippen LogP contribution in [0.1, 0.15) is 25.3 Å². The van der Waals surface area contributed by atoms with Gasteiger partial charge in [-0.1, -0.05) is 19.9 Å². The molecule has 1 N–H and O–H groups in total. The van der Waals surface area contributed by atoms with Crippen molar-refractivity contribution in [2.75, 3.05) is 0 Å². The highest BCUT2D eigenvalue weighted by Crippen LogP contribution is 2.19. The normalized spacial score (nSPS) is 11.3. The van der Waals surface area contributed by atoms with Gasteiger partial charge in [-0.2, -0.15) is 0 Å². The van der Waals surface area contributed by atoms with E-state index in [2.05, 4.69) is 25.0 Å². The average molecular weight is 176 g/mol. The lowest BCUT2D eigenvalue weighted by molar-refractivity contribution is 0.151. The molecule has 0 radical (unpaired) electrons. The number of rotatable bonds is 1. The third-order valence-electron chi connectivity index (χ3n) is 2.18. The summed E-state index contributed by atoms with van der Waals surface area (Å²) in [6.45, 7) is 4.29. The molecule has 0 aliphatic rings. The minimum Gasteiger partial charge on any atom is -0.412 e. The molecular formula is C10H12N2O. The molecule has 0 atom stereocenters. The van der Waals surface area contributed by atoms with Crippen LogP contribution in [0.4, 0.5) is 0 Å². The SMILES string of the molecule is CC(C)c1ccc2nn(O)cc2c1. The Labute approximate surface area is 76.6 Å². The fourth-order valence-corrected chi connectivity index (χ4v) is 1.39. The lowest BCUT2D eigenvalue weighted by Crippen LogP contribution is -1.87. The summed E-state index contributed by atoms with van der Waals surface area (Å²) in [6.07, 6.45) is 1.61. The van der Waals surface area contributed by atoms with Crippen molar-refractivity contribution in [2.45, 2.75) is 19.8 Å². The number of nitrogens with zero attached hydrogens (tertiary/aromatic N) is 2. The second-order valence-corrected chi connectivity index (χ2v) is 3.52. The zero-order valence-corrected chi connectivity index (χ0v) is 7.73. The molecule has 68 valence electrons. The van der Waals surface area contributed by atoms with Crippen molar-refractivity contribution in [3.05, 3.63) is 30.0 Å². The van der Waals surface area contributed by atoms with Gasteiger partial charge in [0.05, 0.1) is 11.7 Å². The van der Waals surface area contributed by atoms with E-state index in [0.717, 1.165) is 15.7 Å². The molecule has 0 spiro atoms. The number of benzene rings is 1. The van der Waals surface area contributed by atoms with Crippen LogP contribution in [0.15, 0.2) is 24.4 Å². The molecule has 0 bridgehead atoms. The van der Waals surface area contributed by atoms with E-state index in [1.807, 2.05) is 12.1 Å². The molecule has 2 aromatic rings. The maximum absolute atomic E-state index is 9.09. The Morgan fingerprint density at radius 2 is 2.15 bits per heavy atom. The van der Waals surface area contributed by atoms with Crippen molar-refractivity contribution < 1.29 is 5.21 Å². The Morgan fingerprint density at radius 3 is 2.85 bits per heavy atom. The molecule has 0 saturated heterocycles. The van der Waals surface area contributed by atoms with Gasteiger partial charge in [0.15, 0.2) is 0 Å². The molecule has 0 fully saturated rings. The first-order chi connectivity index (χ1) is 6.16. The zero-order valence-electron chi connectivity index (χ0n) is 7.73. The van der Waals surface area contributed by atoms with Crippen LogP contribution in [0.2, 0.25) is 0 Å². The average Bonchev–Trinajstić information content (AvgIpc) is 2.42. The van der Waals surface area contributed by atoms with E-state index in [4.69, 9.17) is 5.21 Å². The van der Waals surface area contributed by atoms with Crippen LogP contribution in [0, 0.1) is 0 Å². The van der Waals surface area contributed by atoms with E-state index >= 15 is 0 Å². The number of hydrogen-bond acceptors (Lipinski definition) is 2. The molecule has 0 unspecified atom stereocenters. The maximum atomic E-state index is 9.09. The summed E-state index contributed by atoms with van der Waals surface area (Å²) in [7, 11) is 0. The van der Waals surface area contributed by atoms with E-state index in [9.17, 15) is 0 Å². The van der Waals surface area contributed by atoms with Gasteiger partial charge in [0.2, 0.25) is 0 Å². The lowest BCUT2D eigenvalue weighted by Gasteiger charge is -2.03. The molecule has 0 aliphatic heterocycles. The minimum absolute atomic E-state index is 0.506. The second kappa shape index (κ2) is 2.76. The Kier molecular flexibility index (Phi) is 1.72. The first kappa shape index (κ1) is 8.10. The molecular weight excluding hydrogens is 164 g/mol. The quantitative estimate of drug-likeness (QED) is 0.677. The molecule has 0 saturated carbocycles. The van der Waals surface area contributed by atoms with E-state index in [-0.39, 0.29) is 0 Å². The smallest absolute Gasteiger partial charge is 0.0959 e. The number of aromatic nitrogens is 2. The molecule has 1 aromatic heterocycles. The van der Waals surface area contributed by atoms with Crippen molar-refractivity contribution >= 4 is 10.9 Å². The highest BCUT2D eigenvalue weighted by Gasteiger charge is 2.03. The zero-order chi connectivity index (χ0) is 9.42. The summed E-state index contributed by atoms with van der Waals surface area (Å²) in [5, 5.41) is 14.0. The summed E-state index contributed by atoms with van der Waals surface area (Å²) < 4.78 is 0. The van der Waals surface area contributed by atoms with Crippen LogP contribution >= 0.6 is 0 Å². The standard InChI is InChI=1S/C10H12N2O/c1-7(2)8-3-4-10-9(5-8)6-12(13)11-10/h3-7,13H,1-2H3. The monoisotopic (exact) mass is 176 g/mol. The fraction of sp³-hybridized carbons (Fsp3) is 0.300. The summed E-state index contributed by atoms with van der Waals surface area (Å²) in [5.74, 6) is 0.506. The van der Waals surface area contributed by atoms with Gasteiger partial charge >= 0.3 is 0 Å². The predicted molar refractivity (Wildman–Crippen MR) is 51.0 cm³/mol. The van der Waals surface area contributed by atoms with Crippen molar-refractivity contribution in [3.8, 4) is 0 Å². The molecule has 1 heterocycles. The molecule has 0 aliphatic carbocycles. The number of hydrogen-bond donors (Lipinski definition) is 1. The Balaban J connectivity index is 2.61. The van der Waals surface area contributed by atoms with E-state index in [0.29, 0.717) is 5.92 Å². The lowest BCUT2D eigenvalue weighted by atomic mass is 10.0. The minimum atomic E-state index is 0.506. The van der Waals surface area contributed by atoms with Gasteiger partial charge in [-0.15, -0.1) is 9.94 Å². The van der Waals surface area contributed by atoms with Crippen LogP contribution < -0.4 is 0 Å². The van der Waals surface area contributed by atoms with Crippen molar-refractivity contribution in [1.29, 1.82) is 0 Å². The third-order valence-corrected chi connectivity index (χ3v) is 2.18. The van der Waals surface area contributed by atoms with Crippen LogP contribution in [0.25, 0.3) is 10.9 Å². The first-order valence-corrected chi connectivity index (χ1v) is 4.35. The molecule has 1 aromatic carbocycles. The van der Waals surface area contributed by atoms with Gasteiger partial charge in [-0.25, -0.2) is 0 Å². The third kappa shape index (κ3) is 1.37. The van der Waals surface area contributed by atoms with Crippen molar-refractivity contribution in [1.82, 2.24) is 9.94 Å². The largest absolute Gasteiger partial charge is 0.412 e. The van der Waals surface area contributed by atoms with Crippen LogP contribution in [0.3, 0.4) is 0 Å². The Morgan fingerprint density at radius 1 is 1.38 bits per heavy atom.